The van der Waals surface area contributed by atoms with Gasteiger partial charge in [-0.05, 0) is 30.0 Å². The second-order valence-corrected chi connectivity index (χ2v) is 7.65. The fourth-order valence-corrected chi connectivity index (χ4v) is 3.36. The number of carbonyl (C=O) groups is 2. The average Bonchev–Trinajstić information content (AvgIpc) is 2.84. The van der Waals surface area contributed by atoms with Gasteiger partial charge in [0, 0.05) is 46.3 Å². The minimum absolute atomic E-state index is 0.0137. The summed E-state index contributed by atoms with van der Waals surface area (Å²) in [6.45, 7) is 7.26. The van der Waals surface area contributed by atoms with Crippen LogP contribution < -0.4 is 5.32 Å². The van der Waals surface area contributed by atoms with Gasteiger partial charge in [0.2, 0.25) is 5.91 Å². The molecule has 6 nitrogen and oxygen atoms in total. The van der Waals surface area contributed by atoms with Gasteiger partial charge in [-0.2, -0.15) is 0 Å². The molecule has 0 aliphatic carbocycles. The Balaban J connectivity index is 2.01. The van der Waals surface area contributed by atoms with Crippen LogP contribution in [-0.2, 0) is 11.3 Å². The maximum absolute atomic E-state index is 13.2. The van der Waals surface area contributed by atoms with Crippen LogP contribution in [0, 0.1) is 11.7 Å². The molecule has 1 aromatic carbocycles. The molecule has 0 bridgehead atoms. The number of nitrogens with zero attached hydrogens (tertiary/aromatic N) is 3. The molecule has 1 atom stereocenters. The van der Waals surface area contributed by atoms with Crippen molar-refractivity contribution in [2.45, 2.75) is 32.9 Å². The number of hydrogen-bond acceptors (Lipinski definition) is 3. The number of nitrogens with one attached hydrogen (secondary N) is 1. The highest BCUT2D eigenvalue weighted by molar-refractivity contribution is 5.83. The molecule has 1 saturated heterocycles. The van der Waals surface area contributed by atoms with Crippen molar-refractivity contribution in [2.24, 2.45) is 5.92 Å². The number of hydrogen-bond donors (Lipinski definition) is 1. The molecule has 0 saturated carbocycles. The lowest BCUT2D eigenvalue weighted by Crippen LogP contribution is -2.48. The van der Waals surface area contributed by atoms with Crippen LogP contribution in [0.1, 0.15) is 25.8 Å². The molecule has 150 valence electrons. The van der Waals surface area contributed by atoms with Crippen LogP contribution in [0.4, 0.5) is 9.18 Å². The molecule has 3 amide bonds. The molecular weight excluding hydrogens is 347 g/mol. The summed E-state index contributed by atoms with van der Waals surface area (Å²) < 4.78 is 13.2. The highest BCUT2D eigenvalue weighted by atomic mass is 19.1. The Kier molecular flexibility index (Phi) is 7.59. The van der Waals surface area contributed by atoms with Gasteiger partial charge in [0.15, 0.2) is 0 Å². The lowest BCUT2D eigenvalue weighted by atomic mass is 10.0. The molecule has 1 fully saturated rings. The Hall–Kier alpha value is -2.15. The third-order valence-corrected chi connectivity index (χ3v) is 4.97. The monoisotopic (exact) mass is 378 g/mol. The average molecular weight is 378 g/mol. The van der Waals surface area contributed by atoms with Crippen LogP contribution in [-0.4, -0.2) is 73.0 Å². The van der Waals surface area contributed by atoms with Crippen LogP contribution >= 0.6 is 0 Å². The third-order valence-electron chi connectivity index (χ3n) is 4.97. The van der Waals surface area contributed by atoms with Crippen molar-refractivity contribution < 1.29 is 14.0 Å². The highest BCUT2D eigenvalue weighted by Gasteiger charge is 2.29. The van der Waals surface area contributed by atoms with Gasteiger partial charge in [-0.25, -0.2) is 9.18 Å². The number of urea groups is 1. The Labute approximate surface area is 161 Å². The SMILES string of the molecule is CC(C)[C@@H]1CN(C(=O)CNC(=O)N(C)C)CCCN1Cc1ccc(F)cc1. The molecule has 1 aliphatic rings. The van der Waals surface area contributed by atoms with E-state index in [4.69, 9.17) is 0 Å². The first-order valence-electron chi connectivity index (χ1n) is 9.49. The number of rotatable bonds is 5. The van der Waals surface area contributed by atoms with Crippen LogP contribution in [0.3, 0.4) is 0 Å². The van der Waals surface area contributed by atoms with Crippen molar-refractivity contribution in [1.29, 1.82) is 0 Å². The predicted molar refractivity (Wildman–Crippen MR) is 104 cm³/mol. The maximum Gasteiger partial charge on any atom is 0.317 e. The summed E-state index contributed by atoms with van der Waals surface area (Å²) in [6, 6.07) is 6.55. The fourth-order valence-electron chi connectivity index (χ4n) is 3.36. The third kappa shape index (κ3) is 6.20. The van der Waals surface area contributed by atoms with Crippen molar-refractivity contribution in [3.05, 3.63) is 35.6 Å². The number of amides is 3. The predicted octanol–water partition coefficient (Wildman–Crippen LogP) is 2.16. The van der Waals surface area contributed by atoms with Gasteiger partial charge in [0.05, 0.1) is 6.54 Å². The summed E-state index contributed by atoms with van der Waals surface area (Å²) in [6.07, 6.45) is 0.873. The van der Waals surface area contributed by atoms with Crippen molar-refractivity contribution in [2.75, 3.05) is 40.3 Å². The van der Waals surface area contributed by atoms with Crippen LogP contribution in [0.25, 0.3) is 0 Å². The van der Waals surface area contributed by atoms with Crippen molar-refractivity contribution >= 4 is 11.9 Å². The molecule has 1 aromatic rings. The molecule has 0 aromatic heterocycles. The first-order chi connectivity index (χ1) is 12.8. The quantitative estimate of drug-likeness (QED) is 0.854. The van der Waals surface area contributed by atoms with Crippen LogP contribution in [0.5, 0.6) is 0 Å². The molecule has 0 unspecified atom stereocenters. The van der Waals surface area contributed by atoms with Gasteiger partial charge in [0.25, 0.3) is 0 Å². The van der Waals surface area contributed by atoms with Crippen molar-refractivity contribution in [1.82, 2.24) is 20.0 Å². The Morgan fingerprint density at radius 3 is 2.48 bits per heavy atom. The summed E-state index contributed by atoms with van der Waals surface area (Å²) in [5.41, 5.74) is 1.07. The van der Waals surface area contributed by atoms with E-state index in [1.54, 1.807) is 14.1 Å². The van der Waals surface area contributed by atoms with E-state index in [-0.39, 0.29) is 30.3 Å². The molecule has 0 radical (unpaired) electrons. The number of benzene rings is 1. The molecule has 2 rings (SSSR count). The highest BCUT2D eigenvalue weighted by Crippen LogP contribution is 2.20. The van der Waals surface area contributed by atoms with E-state index in [0.29, 0.717) is 19.0 Å². The van der Waals surface area contributed by atoms with Gasteiger partial charge >= 0.3 is 6.03 Å². The van der Waals surface area contributed by atoms with Crippen LogP contribution in [0.2, 0.25) is 0 Å². The van der Waals surface area contributed by atoms with E-state index < -0.39 is 0 Å². The zero-order valence-electron chi connectivity index (χ0n) is 16.7. The fraction of sp³-hybridized carbons (Fsp3) is 0.600. The normalized spacial score (nSPS) is 18.3. The summed E-state index contributed by atoms with van der Waals surface area (Å²) in [5, 5.41) is 2.65. The van der Waals surface area contributed by atoms with Crippen molar-refractivity contribution in [3.63, 3.8) is 0 Å². The van der Waals surface area contributed by atoms with Gasteiger partial charge in [-0.15, -0.1) is 0 Å². The largest absolute Gasteiger partial charge is 0.340 e. The zero-order valence-corrected chi connectivity index (χ0v) is 16.7. The Bertz CT molecular complexity index is 633. The number of carbonyl (C=O) groups excluding carboxylic acids is 2. The summed E-state index contributed by atoms with van der Waals surface area (Å²) in [5.74, 6) is 0.0845. The lowest BCUT2D eigenvalue weighted by Gasteiger charge is -2.34. The zero-order chi connectivity index (χ0) is 20.0. The summed E-state index contributed by atoms with van der Waals surface area (Å²) in [7, 11) is 3.29. The van der Waals surface area contributed by atoms with E-state index in [1.165, 1.54) is 17.0 Å². The van der Waals surface area contributed by atoms with E-state index >= 15 is 0 Å². The van der Waals surface area contributed by atoms with Crippen LogP contribution in [0.15, 0.2) is 24.3 Å². The van der Waals surface area contributed by atoms with E-state index in [0.717, 1.165) is 25.1 Å². The molecule has 1 N–H and O–H groups in total. The minimum atomic E-state index is -0.267. The summed E-state index contributed by atoms with van der Waals surface area (Å²) in [4.78, 5) is 29.9. The second kappa shape index (κ2) is 9.69. The second-order valence-electron chi connectivity index (χ2n) is 7.65. The molecule has 27 heavy (non-hydrogen) atoms. The standard InChI is InChI=1S/C20H31FN4O2/c1-15(2)18-14-25(19(26)12-22-20(27)23(3)4)11-5-10-24(18)13-16-6-8-17(21)9-7-16/h6-9,15,18H,5,10-14H2,1-4H3,(H,22,27)/t18-/m0/s1. The smallest absolute Gasteiger partial charge is 0.317 e. The molecule has 7 heteroatoms. The topological polar surface area (TPSA) is 55.9 Å². The van der Waals surface area contributed by atoms with Gasteiger partial charge in [-0.3, -0.25) is 9.69 Å². The Morgan fingerprint density at radius 2 is 1.89 bits per heavy atom. The number of halogens is 1. The van der Waals surface area contributed by atoms with Gasteiger partial charge in [0.1, 0.15) is 5.82 Å². The first kappa shape index (κ1) is 21.2. The van der Waals surface area contributed by atoms with Crippen molar-refractivity contribution in [3.8, 4) is 0 Å². The minimum Gasteiger partial charge on any atom is -0.340 e. The molecule has 1 heterocycles. The van der Waals surface area contributed by atoms with E-state index in [1.807, 2.05) is 17.0 Å². The lowest BCUT2D eigenvalue weighted by molar-refractivity contribution is -0.130. The maximum atomic E-state index is 13.2. The molecule has 0 spiro atoms. The van der Waals surface area contributed by atoms with Gasteiger partial charge in [-0.1, -0.05) is 26.0 Å². The van der Waals surface area contributed by atoms with E-state index in [2.05, 4.69) is 24.1 Å². The van der Waals surface area contributed by atoms with E-state index in [9.17, 15) is 14.0 Å². The molecule has 1 aliphatic heterocycles. The first-order valence-corrected chi connectivity index (χ1v) is 9.49. The Morgan fingerprint density at radius 1 is 1.22 bits per heavy atom. The van der Waals surface area contributed by atoms with Gasteiger partial charge < -0.3 is 15.1 Å². The molecular formula is C20H31FN4O2. The summed E-state index contributed by atoms with van der Waals surface area (Å²) >= 11 is 0.